The van der Waals surface area contributed by atoms with Crippen molar-refractivity contribution in [1.29, 1.82) is 0 Å². The molecule has 0 aromatic heterocycles. The van der Waals surface area contributed by atoms with Gasteiger partial charge in [-0.3, -0.25) is 4.55 Å². The van der Waals surface area contributed by atoms with E-state index in [1.807, 2.05) is 0 Å². The van der Waals surface area contributed by atoms with Gasteiger partial charge in [-0.25, -0.2) is 8.42 Å². The first-order valence-electron chi connectivity index (χ1n) is 5.55. The summed E-state index contributed by atoms with van der Waals surface area (Å²) in [5, 5.41) is -2.19. The highest BCUT2D eigenvalue weighted by Gasteiger charge is 2.43. The van der Waals surface area contributed by atoms with Crippen molar-refractivity contribution < 1.29 is 26.1 Å². The largest absolute Gasteiger partial charge is 0.375 e. The number of allylic oxidation sites excluding steroid dienone is 1. The van der Waals surface area contributed by atoms with E-state index in [-0.39, 0.29) is 12.8 Å². The molecule has 1 fully saturated rings. The number of sulfone groups is 1. The van der Waals surface area contributed by atoms with Crippen molar-refractivity contribution in [3.8, 4) is 0 Å². The van der Waals surface area contributed by atoms with Crippen LogP contribution in [0.2, 0.25) is 0 Å². The van der Waals surface area contributed by atoms with E-state index in [1.54, 1.807) is 0 Å². The summed E-state index contributed by atoms with van der Waals surface area (Å²) >= 11 is 0. The zero-order chi connectivity index (χ0) is 14.0. The fourth-order valence-electron chi connectivity index (χ4n) is 2.16. The second kappa shape index (κ2) is 5.68. The van der Waals surface area contributed by atoms with Gasteiger partial charge >= 0.3 is 0 Å². The Balaban J connectivity index is 3.11. The van der Waals surface area contributed by atoms with Crippen molar-refractivity contribution in [2.45, 2.75) is 35.9 Å². The quantitative estimate of drug-likeness (QED) is 0.583. The molecule has 0 spiro atoms. The Bertz CT molecular complexity index is 492. The standard InChI is InChI=1S/C10H18O6S2/c1-3-5-8(17(2,11)12)10-9(18(13,14)15)6-4-7-16-10/h3,8-10H,1,4-7H2,2H3,(H,13,14,15)/t8-,9+,10-/m0/s1. The number of rotatable bonds is 5. The SMILES string of the molecule is C=CC[C@@H]([C@@H]1OCCC[C@H]1S(=O)(=O)O)S(C)(=O)=O. The first-order valence-corrected chi connectivity index (χ1v) is 9.01. The second-order valence-electron chi connectivity index (χ2n) is 4.42. The van der Waals surface area contributed by atoms with Crippen molar-refractivity contribution in [3.05, 3.63) is 12.7 Å². The minimum atomic E-state index is -4.32. The Hall–Kier alpha value is -0.440. The molecule has 0 bridgehead atoms. The second-order valence-corrected chi connectivity index (χ2v) is 8.32. The van der Waals surface area contributed by atoms with E-state index in [0.717, 1.165) is 6.26 Å². The molecule has 1 heterocycles. The molecular formula is C10H18O6S2. The zero-order valence-corrected chi connectivity index (χ0v) is 11.8. The van der Waals surface area contributed by atoms with Crippen molar-refractivity contribution in [2.24, 2.45) is 0 Å². The monoisotopic (exact) mass is 298 g/mol. The average molecular weight is 298 g/mol. The first kappa shape index (κ1) is 15.6. The van der Waals surface area contributed by atoms with Gasteiger partial charge in [-0.05, 0) is 19.3 Å². The Labute approximate surface area is 108 Å². The summed E-state index contributed by atoms with van der Waals surface area (Å²) in [4.78, 5) is 0. The summed E-state index contributed by atoms with van der Waals surface area (Å²) in [6, 6.07) is 0. The Morgan fingerprint density at radius 2 is 2.06 bits per heavy atom. The van der Waals surface area contributed by atoms with Crippen molar-refractivity contribution in [1.82, 2.24) is 0 Å². The van der Waals surface area contributed by atoms with E-state index in [4.69, 9.17) is 9.29 Å². The fraction of sp³-hybridized carbons (Fsp3) is 0.800. The molecule has 0 aromatic carbocycles. The number of hydrogen-bond acceptors (Lipinski definition) is 5. The average Bonchev–Trinajstić information content (AvgIpc) is 2.23. The molecule has 0 saturated carbocycles. The lowest BCUT2D eigenvalue weighted by molar-refractivity contribution is 0.0155. The minimum Gasteiger partial charge on any atom is -0.375 e. The van der Waals surface area contributed by atoms with Crippen LogP contribution in [0.1, 0.15) is 19.3 Å². The van der Waals surface area contributed by atoms with Crippen molar-refractivity contribution in [3.63, 3.8) is 0 Å². The Kier molecular flexibility index (Phi) is 4.93. The third-order valence-electron chi connectivity index (χ3n) is 3.01. The molecule has 1 aliphatic heterocycles. The zero-order valence-electron chi connectivity index (χ0n) is 10.1. The van der Waals surface area contributed by atoms with E-state index < -0.39 is 36.6 Å². The molecular weight excluding hydrogens is 280 g/mol. The highest BCUT2D eigenvalue weighted by molar-refractivity contribution is 7.91. The van der Waals surface area contributed by atoms with Gasteiger partial charge in [0.25, 0.3) is 10.1 Å². The molecule has 0 amide bonds. The maximum Gasteiger partial charge on any atom is 0.270 e. The van der Waals surface area contributed by atoms with Crippen LogP contribution < -0.4 is 0 Å². The highest BCUT2D eigenvalue weighted by Crippen LogP contribution is 2.27. The van der Waals surface area contributed by atoms with E-state index in [2.05, 4.69) is 6.58 Å². The van der Waals surface area contributed by atoms with E-state index in [9.17, 15) is 16.8 Å². The van der Waals surface area contributed by atoms with Crippen LogP contribution in [-0.2, 0) is 24.7 Å². The topological polar surface area (TPSA) is 97.7 Å². The van der Waals surface area contributed by atoms with Gasteiger partial charge in [0.2, 0.25) is 0 Å². The summed E-state index contributed by atoms with van der Waals surface area (Å²) < 4.78 is 60.4. The molecule has 8 heteroatoms. The van der Waals surface area contributed by atoms with Crippen LogP contribution in [-0.4, -0.2) is 50.9 Å². The van der Waals surface area contributed by atoms with Crippen LogP contribution in [0.25, 0.3) is 0 Å². The summed E-state index contributed by atoms with van der Waals surface area (Å²) in [6.07, 6.45) is 2.17. The molecule has 1 aliphatic rings. The molecule has 6 nitrogen and oxygen atoms in total. The predicted octanol–water partition coefficient (Wildman–Crippen LogP) is 0.411. The van der Waals surface area contributed by atoms with E-state index in [1.165, 1.54) is 6.08 Å². The molecule has 0 aliphatic carbocycles. The molecule has 0 unspecified atom stereocenters. The van der Waals surface area contributed by atoms with Gasteiger partial charge in [0.05, 0.1) is 11.4 Å². The lowest BCUT2D eigenvalue weighted by atomic mass is 10.0. The van der Waals surface area contributed by atoms with Gasteiger partial charge in [0.15, 0.2) is 9.84 Å². The normalized spacial score (nSPS) is 27.7. The summed E-state index contributed by atoms with van der Waals surface area (Å²) in [5.74, 6) is 0. The molecule has 1 N–H and O–H groups in total. The number of ether oxygens (including phenoxy) is 1. The maximum atomic E-state index is 11.7. The van der Waals surface area contributed by atoms with Crippen LogP contribution in [0.5, 0.6) is 0 Å². The van der Waals surface area contributed by atoms with E-state index in [0.29, 0.717) is 13.0 Å². The van der Waals surface area contributed by atoms with Gasteiger partial charge in [-0.2, -0.15) is 8.42 Å². The van der Waals surface area contributed by atoms with Crippen LogP contribution in [0, 0.1) is 0 Å². The van der Waals surface area contributed by atoms with Gasteiger partial charge in [0, 0.05) is 12.9 Å². The summed E-state index contributed by atoms with van der Waals surface area (Å²) in [7, 11) is -7.81. The molecule has 0 aromatic rings. The van der Waals surface area contributed by atoms with Crippen LogP contribution in [0.15, 0.2) is 12.7 Å². The van der Waals surface area contributed by atoms with Crippen LogP contribution in [0.3, 0.4) is 0 Å². The van der Waals surface area contributed by atoms with Crippen molar-refractivity contribution in [2.75, 3.05) is 12.9 Å². The number of hydrogen-bond donors (Lipinski definition) is 1. The smallest absolute Gasteiger partial charge is 0.270 e. The molecule has 0 radical (unpaired) electrons. The third kappa shape index (κ3) is 3.78. The first-order chi connectivity index (χ1) is 8.18. The van der Waals surface area contributed by atoms with Gasteiger partial charge in [0.1, 0.15) is 5.25 Å². The molecule has 106 valence electrons. The Morgan fingerprint density at radius 3 is 2.50 bits per heavy atom. The Morgan fingerprint density at radius 1 is 1.44 bits per heavy atom. The summed E-state index contributed by atoms with van der Waals surface area (Å²) in [6.45, 7) is 3.76. The van der Waals surface area contributed by atoms with Crippen LogP contribution >= 0.6 is 0 Å². The molecule has 1 rings (SSSR count). The molecule has 18 heavy (non-hydrogen) atoms. The summed E-state index contributed by atoms with van der Waals surface area (Å²) in [5.41, 5.74) is 0. The van der Waals surface area contributed by atoms with E-state index >= 15 is 0 Å². The van der Waals surface area contributed by atoms with Crippen molar-refractivity contribution >= 4 is 20.0 Å². The third-order valence-corrected chi connectivity index (χ3v) is 5.84. The van der Waals surface area contributed by atoms with Crippen LogP contribution in [0.4, 0.5) is 0 Å². The van der Waals surface area contributed by atoms with Gasteiger partial charge in [-0.15, -0.1) is 6.58 Å². The lowest BCUT2D eigenvalue weighted by Gasteiger charge is -2.34. The lowest BCUT2D eigenvalue weighted by Crippen LogP contribution is -2.49. The highest BCUT2D eigenvalue weighted by atomic mass is 32.2. The van der Waals surface area contributed by atoms with Gasteiger partial charge in [-0.1, -0.05) is 6.08 Å². The van der Waals surface area contributed by atoms with Gasteiger partial charge < -0.3 is 4.74 Å². The molecule has 3 atom stereocenters. The maximum absolute atomic E-state index is 11.7. The predicted molar refractivity (Wildman–Crippen MR) is 67.8 cm³/mol. The molecule has 1 saturated heterocycles. The fourth-order valence-corrected chi connectivity index (χ4v) is 4.57. The minimum absolute atomic E-state index is 0.0928.